The summed E-state index contributed by atoms with van der Waals surface area (Å²) in [5.74, 6) is -0.253. The highest BCUT2D eigenvalue weighted by Gasteiger charge is 2.22. The van der Waals surface area contributed by atoms with E-state index in [9.17, 15) is 14.0 Å². The summed E-state index contributed by atoms with van der Waals surface area (Å²) in [7, 11) is 0. The van der Waals surface area contributed by atoms with Gasteiger partial charge in [0.1, 0.15) is 5.82 Å². The van der Waals surface area contributed by atoms with Crippen molar-refractivity contribution in [1.29, 1.82) is 0 Å². The number of primary amides is 1. The number of morpholine rings is 1. The molecule has 3 rings (SSSR count). The molecule has 1 aromatic carbocycles. The van der Waals surface area contributed by atoms with Gasteiger partial charge in [0, 0.05) is 31.7 Å². The van der Waals surface area contributed by atoms with Crippen molar-refractivity contribution >= 4 is 23.7 Å². The van der Waals surface area contributed by atoms with Gasteiger partial charge in [-0.25, -0.2) is 9.18 Å². The van der Waals surface area contributed by atoms with Crippen LogP contribution in [0.2, 0.25) is 0 Å². The number of benzene rings is 1. The number of carbonyl (C=O) groups excluding carboxylic acids is 2. The molecule has 9 nitrogen and oxygen atoms in total. The van der Waals surface area contributed by atoms with E-state index in [4.69, 9.17) is 10.5 Å². The lowest BCUT2D eigenvalue weighted by Crippen LogP contribution is -2.39. The van der Waals surface area contributed by atoms with Crippen LogP contribution in [-0.4, -0.2) is 69.7 Å². The second-order valence-electron chi connectivity index (χ2n) is 6.53. The van der Waals surface area contributed by atoms with Crippen LogP contribution in [0.15, 0.2) is 29.4 Å². The lowest BCUT2D eigenvalue weighted by Gasteiger charge is -2.27. The minimum Gasteiger partial charge on any atom is -0.379 e. The molecular weight excluding hydrogens is 399 g/mol. The number of imide groups is 1. The summed E-state index contributed by atoms with van der Waals surface area (Å²) >= 11 is 1.18. The second kappa shape index (κ2) is 9.81. The Hall–Kier alpha value is -2.50. The van der Waals surface area contributed by atoms with Crippen LogP contribution < -0.4 is 11.1 Å². The number of hydrogen-bond acceptors (Lipinski definition) is 7. The molecule has 2 heterocycles. The van der Waals surface area contributed by atoms with Crippen LogP contribution in [-0.2, 0) is 16.1 Å². The third kappa shape index (κ3) is 5.75. The SMILES string of the molecule is CC(Sc1nnc(-c2ccc(F)cc2)n1CCN1CCOCC1)C(=O)NC(N)=O. The topological polar surface area (TPSA) is 115 Å². The maximum Gasteiger partial charge on any atom is 0.318 e. The first kappa shape index (κ1) is 21.2. The number of halogens is 1. The lowest BCUT2D eigenvalue weighted by atomic mass is 10.2. The summed E-state index contributed by atoms with van der Waals surface area (Å²) in [6.07, 6.45) is 0. The van der Waals surface area contributed by atoms with Crippen LogP contribution in [0.4, 0.5) is 9.18 Å². The molecule has 3 amide bonds. The Morgan fingerprint density at radius 1 is 1.24 bits per heavy atom. The zero-order chi connectivity index (χ0) is 20.8. The summed E-state index contributed by atoms with van der Waals surface area (Å²) in [6, 6.07) is 5.12. The van der Waals surface area contributed by atoms with E-state index >= 15 is 0 Å². The Morgan fingerprint density at radius 3 is 2.59 bits per heavy atom. The zero-order valence-corrected chi connectivity index (χ0v) is 16.8. The molecule has 2 aromatic rings. The van der Waals surface area contributed by atoms with Gasteiger partial charge in [0.2, 0.25) is 5.91 Å². The maximum absolute atomic E-state index is 13.3. The molecule has 0 radical (unpaired) electrons. The molecule has 1 atom stereocenters. The fraction of sp³-hybridized carbons (Fsp3) is 0.444. The summed E-state index contributed by atoms with van der Waals surface area (Å²) < 4.78 is 20.6. The number of thioether (sulfide) groups is 1. The normalized spacial score (nSPS) is 15.8. The van der Waals surface area contributed by atoms with E-state index in [1.807, 2.05) is 4.57 Å². The molecular formula is C18H23FN6O3S. The van der Waals surface area contributed by atoms with Crippen molar-refractivity contribution in [3.05, 3.63) is 30.1 Å². The average molecular weight is 422 g/mol. The highest BCUT2D eigenvalue weighted by atomic mass is 32.2. The molecule has 0 bridgehead atoms. The number of urea groups is 1. The highest BCUT2D eigenvalue weighted by molar-refractivity contribution is 8.00. The van der Waals surface area contributed by atoms with Gasteiger partial charge in [0.25, 0.3) is 0 Å². The fourth-order valence-electron chi connectivity index (χ4n) is 2.89. The smallest absolute Gasteiger partial charge is 0.318 e. The molecule has 29 heavy (non-hydrogen) atoms. The first-order valence-electron chi connectivity index (χ1n) is 9.20. The molecule has 1 aromatic heterocycles. The Balaban J connectivity index is 1.81. The third-order valence-corrected chi connectivity index (χ3v) is 5.54. The monoisotopic (exact) mass is 422 g/mol. The highest BCUT2D eigenvalue weighted by Crippen LogP contribution is 2.27. The quantitative estimate of drug-likeness (QED) is 0.642. The Kier molecular flexibility index (Phi) is 7.18. The van der Waals surface area contributed by atoms with Crippen LogP contribution in [0.25, 0.3) is 11.4 Å². The van der Waals surface area contributed by atoms with Gasteiger partial charge in [0.05, 0.1) is 18.5 Å². The minimum atomic E-state index is -0.900. The van der Waals surface area contributed by atoms with E-state index in [0.29, 0.717) is 30.7 Å². The Labute approximate surface area is 171 Å². The molecule has 1 unspecified atom stereocenters. The van der Waals surface area contributed by atoms with Crippen molar-refractivity contribution in [2.24, 2.45) is 5.73 Å². The Morgan fingerprint density at radius 2 is 1.93 bits per heavy atom. The predicted octanol–water partition coefficient (Wildman–Crippen LogP) is 1.09. The number of rotatable bonds is 7. The van der Waals surface area contributed by atoms with Gasteiger partial charge in [-0.2, -0.15) is 0 Å². The van der Waals surface area contributed by atoms with Gasteiger partial charge in [-0.05, 0) is 31.2 Å². The van der Waals surface area contributed by atoms with E-state index in [2.05, 4.69) is 20.4 Å². The molecule has 1 aliphatic rings. The van der Waals surface area contributed by atoms with Crippen LogP contribution >= 0.6 is 11.8 Å². The first-order valence-corrected chi connectivity index (χ1v) is 10.1. The number of amides is 3. The number of ether oxygens (including phenoxy) is 1. The van der Waals surface area contributed by atoms with E-state index in [1.165, 1.54) is 23.9 Å². The third-order valence-electron chi connectivity index (χ3n) is 4.46. The van der Waals surface area contributed by atoms with Crippen molar-refractivity contribution in [1.82, 2.24) is 25.0 Å². The number of carbonyl (C=O) groups is 2. The number of nitrogens with one attached hydrogen (secondary N) is 1. The number of hydrogen-bond donors (Lipinski definition) is 2. The van der Waals surface area contributed by atoms with Gasteiger partial charge < -0.3 is 15.0 Å². The van der Waals surface area contributed by atoms with Crippen LogP contribution in [0.3, 0.4) is 0 Å². The van der Waals surface area contributed by atoms with E-state index in [1.54, 1.807) is 19.1 Å². The molecule has 3 N–H and O–H groups in total. The van der Waals surface area contributed by atoms with E-state index in [-0.39, 0.29) is 5.82 Å². The molecule has 1 saturated heterocycles. The van der Waals surface area contributed by atoms with Crippen molar-refractivity contribution in [3.8, 4) is 11.4 Å². The number of nitrogens with two attached hydrogens (primary N) is 1. The van der Waals surface area contributed by atoms with E-state index < -0.39 is 17.2 Å². The Bertz CT molecular complexity index is 854. The van der Waals surface area contributed by atoms with Crippen molar-refractivity contribution in [3.63, 3.8) is 0 Å². The summed E-state index contributed by atoms with van der Waals surface area (Å²) in [6.45, 7) is 6.07. The number of nitrogens with zero attached hydrogens (tertiary/aromatic N) is 4. The summed E-state index contributed by atoms with van der Waals surface area (Å²) in [5.41, 5.74) is 5.74. The predicted molar refractivity (Wildman–Crippen MR) is 106 cm³/mol. The van der Waals surface area contributed by atoms with Gasteiger partial charge >= 0.3 is 6.03 Å². The average Bonchev–Trinajstić information content (AvgIpc) is 3.09. The second-order valence-corrected chi connectivity index (χ2v) is 7.84. The molecule has 1 fully saturated rings. The standard InChI is InChI=1S/C18H23FN6O3S/c1-12(16(26)21-17(20)27)29-18-23-22-15(13-2-4-14(19)5-3-13)25(18)7-6-24-8-10-28-11-9-24/h2-5,12H,6-11H2,1H3,(H3,20,21,26,27). The van der Waals surface area contributed by atoms with Crippen LogP contribution in [0.5, 0.6) is 0 Å². The molecule has 0 spiro atoms. The molecule has 0 aliphatic carbocycles. The molecule has 11 heteroatoms. The van der Waals surface area contributed by atoms with Gasteiger partial charge in [-0.15, -0.1) is 10.2 Å². The first-order chi connectivity index (χ1) is 13.9. The molecule has 0 saturated carbocycles. The van der Waals surface area contributed by atoms with Gasteiger partial charge in [-0.3, -0.25) is 15.0 Å². The molecule has 156 valence electrons. The van der Waals surface area contributed by atoms with Gasteiger partial charge in [0.15, 0.2) is 11.0 Å². The number of aromatic nitrogens is 3. The van der Waals surface area contributed by atoms with Crippen molar-refractivity contribution < 1.29 is 18.7 Å². The van der Waals surface area contributed by atoms with Gasteiger partial charge in [-0.1, -0.05) is 11.8 Å². The van der Waals surface area contributed by atoms with Crippen molar-refractivity contribution in [2.75, 3.05) is 32.8 Å². The lowest BCUT2D eigenvalue weighted by molar-refractivity contribution is -0.119. The van der Waals surface area contributed by atoms with E-state index in [0.717, 1.165) is 25.2 Å². The minimum absolute atomic E-state index is 0.334. The zero-order valence-electron chi connectivity index (χ0n) is 16.0. The van der Waals surface area contributed by atoms with Crippen molar-refractivity contribution in [2.45, 2.75) is 23.9 Å². The molecule has 1 aliphatic heterocycles. The fourth-order valence-corrected chi connectivity index (χ4v) is 3.77. The summed E-state index contributed by atoms with van der Waals surface area (Å²) in [5, 5.41) is 10.5. The largest absolute Gasteiger partial charge is 0.379 e. The summed E-state index contributed by atoms with van der Waals surface area (Å²) in [4.78, 5) is 25.2. The van der Waals surface area contributed by atoms with Crippen LogP contribution in [0, 0.1) is 5.82 Å². The van der Waals surface area contributed by atoms with Crippen LogP contribution in [0.1, 0.15) is 6.92 Å². The maximum atomic E-state index is 13.3.